The van der Waals surface area contributed by atoms with Crippen molar-refractivity contribution >= 4 is 23.2 Å². The smallest absolute Gasteiger partial charge is 0.317 e. The van der Waals surface area contributed by atoms with Crippen molar-refractivity contribution in [2.24, 2.45) is 5.73 Å². The number of rotatable bonds is 5. The zero-order valence-electron chi connectivity index (χ0n) is 10.7. The Morgan fingerprint density at radius 1 is 1.47 bits per heavy atom. The predicted octanol–water partition coefficient (Wildman–Crippen LogP) is 2.03. The number of hydrogen-bond acceptors (Lipinski definition) is 2. The number of carbonyl (C=O) groups excluding carboxylic acids is 1. The van der Waals surface area contributed by atoms with Crippen molar-refractivity contribution in [1.29, 1.82) is 0 Å². The highest BCUT2D eigenvalue weighted by atomic mass is 32.1. The van der Waals surface area contributed by atoms with Gasteiger partial charge in [-0.1, -0.05) is 25.1 Å². The van der Waals surface area contributed by atoms with Gasteiger partial charge < -0.3 is 16.0 Å². The zero-order valence-corrected chi connectivity index (χ0v) is 11.6. The molecule has 5 heteroatoms. The minimum Gasteiger partial charge on any atom is -0.393 e. The van der Waals surface area contributed by atoms with E-state index < -0.39 is 0 Å². The lowest BCUT2D eigenvalue weighted by atomic mass is 10.2. The Morgan fingerprint density at radius 3 is 2.53 bits per heavy atom. The van der Waals surface area contributed by atoms with Crippen LogP contribution < -0.4 is 11.1 Å². The first-order chi connectivity index (χ1) is 8.00. The van der Waals surface area contributed by atoms with Gasteiger partial charge in [-0.2, -0.15) is 0 Å². The Hall–Kier alpha value is -0.840. The third-order valence-electron chi connectivity index (χ3n) is 3.17. The van der Waals surface area contributed by atoms with Crippen molar-refractivity contribution in [2.75, 3.05) is 6.54 Å². The summed E-state index contributed by atoms with van der Waals surface area (Å²) in [5, 5.41) is 3.09. The predicted molar refractivity (Wildman–Crippen MR) is 74.0 cm³/mol. The maximum atomic E-state index is 12.1. The van der Waals surface area contributed by atoms with Crippen molar-refractivity contribution < 1.29 is 4.79 Å². The van der Waals surface area contributed by atoms with E-state index in [1.54, 1.807) is 4.90 Å². The molecule has 0 bridgehead atoms. The van der Waals surface area contributed by atoms with Gasteiger partial charge in [0.05, 0.1) is 4.99 Å². The molecule has 0 aromatic carbocycles. The van der Waals surface area contributed by atoms with E-state index in [2.05, 4.69) is 5.32 Å². The van der Waals surface area contributed by atoms with Gasteiger partial charge in [0, 0.05) is 25.0 Å². The van der Waals surface area contributed by atoms with Crippen LogP contribution in [0.1, 0.15) is 46.0 Å². The molecule has 0 aromatic heterocycles. The summed E-state index contributed by atoms with van der Waals surface area (Å²) in [7, 11) is 0. The lowest BCUT2D eigenvalue weighted by Gasteiger charge is -2.28. The normalized spacial score (nSPS) is 16.2. The number of carbonyl (C=O) groups is 1. The highest BCUT2D eigenvalue weighted by molar-refractivity contribution is 7.80. The molecule has 0 aliphatic heterocycles. The van der Waals surface area contributed by atoms with E-state index in [1.165, 1.54) is 12.8 Å². The summed E-state index contributed by atoms with van der Waals surface area (Å²) in [5.41, 5.74) is 5.48. The molecule has 0 aromatic rings. The van der Waals surface area contributed by atoms with E-state index in [9.17, 15) is 4.79 Å². The number of hydrogen-bond donors (Lipinski definition) is 2. The summed E-state index contributed by atoms with van der Waals surface area (Å²) in [6, 6.07) is 0.544. The molecule has 4 nitrogen and oxygen atoms in total. The monoisotopic (exact) mass is 257 g/mol. The van der Waals surface area contributed by atoms with Crippen LogP contribution in [0, 0.1) is 0 Å². The van der Waals surface area contributed by atoms with Gasteiger partial charge in [0.15, 0.2) is 0 Å². The number of nitrogens with one attached hydrogen (secondary N) is 1. The van der Waals surface area contributed by atoms with Crippen molar-refractivity contribution in [3.63, 3.8) is 0 Å². The molecule has 1 aliphatic carbocycles. The molecule has 17 heavy (non-hydrogen) atoms. The third-order valence-corrected chi connectivity index (χ3v) is 3.37. The zero-order chi connectivity index (χ0) is 12.8. The van der Waals surface area contributed by atoms with Crippen molar-refractivity contribution in [2.45, 2.75) is 58.0 Å². The molecule has 1 rings (SSSR count). The molecule has 0 radical (unpaired) electrons. The Morgan fingerprint density at radius 2 is 2.06 bits per heavy atom. The Kier molecular flexibility index (Phi) is 5.68. The summed E-state index contributed by atoms with van der Waals surface area (Å²) in [4.78, 5) is 14.3. The average molecular weight is 257 g/mol. The highest BCUT2D eigenvalue weighted by Gasteiger charge is 2.22. The second-order valence-electron chi connectivity index (χ2n) is 4.93. The van der Waals surface area contributed by atoms with Crippen LogP contribution in [0.3, 0.4) is 0 Å². The number of urea groups is 1. The molecule has 0 saturated heterocycles. The second kappa shape index (κ2) is 6.79. The number of nitrogens with two attached hydrogens (primary N) is 1. The fourth-order valence-corrected chi connectivity index (χ4v) is 2.24. The quantitative estimate of drug-likeness (QED) is 0.741. The number of thiocarbonyl (C=S) groups is 1. The van der Waals surface area contributed by atoms with Gasteiger partial charge in [0.2, 0.25) is 0 Å². The van der Waals surface area contributed by atoms with Gasteiger partial charge in [0.25, 0.3) is 0 Å². The minimum atomic E-state index is 0.0168. The SMILES string of the molecule is CC(C)N(CCC(N)=S)C(=O)NC1CCCC1. The maximum Gasteiger partial charge on any atom is 0.317 e. The van der Waals surface area contributed by atoms with Crippen LogP contribution in [0.2, 0.25) is 0 Å². The lowest BCUT2D eigenvalue weighted by Crippen LogP contribution is -2.48. The van der Waals surface area contributed by atoms with Crippen molar-refractivity contribution in [3.8, 4) is 0 Å². The minimum absolute atomic E-state index is 0.0168. The summed E-state index contributed by atoms with van der Waals surface area (Å²) >= 11 is 4.85. The van der Waals surface area contributed by atoms with Crippen molar-refractivity contribution in [3.05, 3.63) is 0 Å². The van der Waals surface area contributed by atoms with Gasteiger partial charge in [-0.05, 0) is 26.7 Å². The van der Waals surface area contributed by atoms with Crippen molar-refractivity contribution in [1.82, 2.24) is 10.2 Å². The lowest BCUT2D eigenvalue weighted by molar-refractivity contribution is 0.181. The Bertz CT molecular complexity index is 275. The van der Waals surface area contributed by atoms with Crippen LogP contribution in [0.15, 0.2) is 0 Å². The molecule has 98 valence electrons. The molecule has 0 spiro atoms. The molecule has 3 N–H and O–H groups in total. The summed E-state index contributed by atoms with van der Waals surface area (Å²) in [5.74, 6) is 0. The number of nitrogens with zero attached hydrogens (tertiary/aromatic N) is 1. The van der Waals surface area contributed by atoms with Gasteiger partial charge in [0.1, 0.15) is 0 Å². The van der Waals surface area contributed by atoms with E-state index in [0.717, 1.165) is 12.8 Å². The molecule has 2 amide bonds. The van der Waals surface area contributed by atoms with Gasteiger partial charge in [-0.15, -0.1) is 0 Å². The first-order valence-corrected chi connectivity index (χ1v) is 6.77. The van der Waals surface area contributed by atoms with Crippen LogP contribution in [0.5, 0.6) is 0 Å². The molecule has 0 atom stereocenters. The maximum absolute atomic E-state index is 12.1. The van der Waals surface area contributed by atoms with Gasteiger partial charge in [-0.25, -0.2) is 4.79 Å². The second-order valence-corrected chi connectivity index (χ2v) is 5.46. The van der Waals surface area contributed by atoms with E-state index in [1.807, 2.05) is 13.8 Å². The largest absolute Gasteiger partial charge is 0.393 e. The first kappa shape index (κ1) is 14.2. The van der Waals surface area contributed by atoms with E-state index in [0.29, 0.717) is 24.0 Å². The van der Waals surface area contributed by atoms with Crippen LogP contribution in [0.4, 0.5) is 4.79 Å². The highest BCUT2D eigenvalue weighted by Crippen LogP contribution is 2.18. The average Bonchev–Trinajstić information content (AvgIpc) is 2.69. The van der Waals surface area contributed by atoms with Gasteiger partial charge >= 0.3 is 6.03 Å². The molecule has 1 aliphatic rings. The standard InChI is InChI=1S/C12H23N3OS/c1-9(2)15(8-7-11(13)17)12(16)14-10-5-3-4-6-10/h9-10H,3-8H2,1-2H3,(H2,13,17)(H,14,16). The first-order valence-electron chi connectivity index (χ1n) is 6.36. The van der Waals surface area contributed by atoms with E-state index >= 15 is 0 Å². The van der Waals surface area contributed by atoms with Crippen LogP contribution >= 0.6 is 12.2 Å². The molecule has 0 heterocycles. The fourth-order valence-electron chi connectivity index (χ4n) is 2.15. The van der Waals surface area contributed by atoms with Gasteiger partial charge in [-0.3, -0.25) is 0 Å². The molecular formula is C12H23N3OS. The van der Waals surface area contributed by atoms with E-state index in [-0.39, 0.29) is 12.1 Å². The van der Waals surface area contributed by atoms with Crippen LogP contribution in [-0.2, 0) is 0 Å². The third kappa shape index (κ3) is 4.89. The molecular weight excluding hydrogens is 234 g/mol. The summed E-state index contributed by atoms with van der Waals surface area (Å²) < 4.78 is 0. The number of amides is 2. The molecule has 1 saturated carbocycles. The fraction of sp³-hybridized carbons (Fsp3) is 0.833. The van der Waals surface area contributed by atoms with Crippen LogP contribution in [0.25, 0.3) is 0 Å². The van der Waals surface area contributed by atoms with Crippen LogP contribution in [-0.4, -0.2) is 34.5 Å². The van der Waals surface area contributed by atoms with E-state index in [4.69, 9.17) is 18.0 Å². The molecule has 0 unspecified atom stereocenters. The summed E-state index contributed by atoms with van der Waals surface area (Å²) in [6.07, 6.45) is 5.24. The molecule has 1 fully saturated rings. The summed E-state index contributed by atoms with van der Waals surface area (Å²) in [6.45, 7) is 4.62. The Labute approximate surface area is 109 Å². The Balaban J connectivity index is 2.44. The topological polar surface area (TPSA) is 58.4 Å².